The summed E-state index contributed by atoms with van der Waals surface area (Å²) in [4.78, 5) is 10.6. The van der Waals surface area contributed by atoms with Gasteiger partial charge in [0.2, 0.25) is 0 Å². The third-order valence-corrected chi connectivity index (χ3v) is 1.38. The Kier molecular flexibility index (Phi) is 7.42. The van der Waals surface area contributed by atoms with Crippen LogP contribution >= 0.6 is 0 Å². The van der Waals surface area contributed by atoms with E-state index in [4.69, 9.17) is 4.74 Å². The first-order valence-electron chi connectivity index (χ1n) is 4.05. The molecule has 0 heterocycles. The number of carbonyl (C=O) groups excluding carboxylic acids is 1. The number of halogens is 1. The van der Waals surface area contributed by atoms with Crippen LogP contribution in [0.15, 0.2) is 12.7 Å². The second kappa shape index (κ2) is 6.60. The second-order valence-corrected chi connectivity index (χ2v) is 3.74. The SMILES string of the molecule is C=CC(=O)OCCC[N+](C)(C)C.[F-]. The van der Waals surface area contributed by atoms with E-state index < -0.39 is 0 Å². The first-order valence-corrected chi connectivity index (χ1v) is 4.05. The average Bonchev–Trinajstić information content (AvgIpc) is 1.96. The van der Waals surface area contributed by atoms with Gasteiger partial charge in [-0.05, 0) is 0 Å². The summed E-state index contributed by atoms with van der Waals surface area (Å²) in [6.07, 6.45) is 2.08. The van der Waals surface area contributed by atoms with Crippen molar-refractivity contribution in [1.82, 2.24) is 0 Å². The summed E-state index contributed by atoms with van der Waals surface area (Å²) in [6, 6.07) is 0. The lowest BCUT2D eigenvalue weighted by molar-refractivity contribution is -0.870. The molecule has 0 bridgehead atoms. The second-order valence-electron chi connectivity index (χ2n) is 3.74. The van der Waals surface area contributed by atoms with Gasteiger partial charge in [0, 0.05) is 12.5 Å². The molecule has 0 saturated heterocycles. The molecule has 0 N–H and O–H groups in total. The fraction of sp³-hybridized carbons (Fsp3) is 0.667. The van der Waals surface area contributed by atoms with E-state index in [1.165, 1.54) is 6.08 Å². The molecule has 78 valence electrons. The monoisotopic (exact) mass is 191 g/mol. The molecule has 0 unspecified atom stereocenters. The van der Waals surface area contributed by atoms with Crippen LogP contribution in [0, 0.1) is 0 Å². The third-order valence-electron chi connectivity index (χ3n) is 1.38. The smallest absolute Gasteiger partial charge is 0.330 e. The lowest BCUT2D eigenvalue weighted by atomic mass is 10.4. The lowest BCUT2D eigenvalue weighted by Gasteiger charge is -2.23. The number of carbonyl (C=O) groups is 1. The van der Waals surface area contributed by atoms with E-state index in [9.17, 15) is 4.79 Å². The van der Waals surface area contributed by atoms with E-state index in [1.54, 1.807) is 0 Å². The normalized spacial score (nSPS) is 10.1. The zero-order chi connectivity index (χ0) is 9.61. The van der Waals surface area contributed by atoms with Crippen LogP contribution in [0.25, 0.3) is 0 Å². The highest BCUT2D eigenvalue weighted by atomic mass is 19.0. The Morgan fingerprint density at radius 1 is 1.46 bits per heavy atom. The summed E-state index contributed by atoms with van der Waals surface area (Å²) in [5, 5.41) is 0. The molecule has 0 saturated carbocycles. The minimum absolute atomic E-state index is 0. The molecule has 0 rings (SSSR count). The minimum atomic E-state index is -0.337. The highest BCUT2D eigenvalue weighted by Gasteiger charge is 2.06. The molecule has 0 spiro atoms. The van der Waals surface area contributed by atoms with Crippen LogP contribution < -0.4 is 4.70 Å². The van der Waals surface area contributed by atoms with Crippen molar-refractivity contribution in [2.24, 2.45) is 0 Å². The Morgan fingerprint density at radius 3 is 2.38 bits per heavy atom. The van der Waals surface area contributed by atoms with Crippen molar-refractivity contribution in [1.29, 1.82) is 0 Å². The molecule has 0 aliphatic heterocycles. The Bertz CT molecular complexity index is 163. The molecule has 0 radical (unpaired) electrons. The molecule has 4 heteroatoms. The van der Waals surface area contributed by atoms with Gasteiger partial charge in [0.1, 0.15) is 0 Å². The highest BCUT2D eigenvalue weighted by molar-refractivity contribution is 5.81. The van der Waals surface area contributed by atoms with E-state index in [0.717, 1.165) is 17.4 Å². The molecule has 0 aromatic heterocycles. The van der Waals surface area contributed by atoms with Crippen LogP contribution in [0.5, 0.6) is 0 Å². The van der Waals surface area contributed by atoms with Crippen LogP contribution in [-0.4, -0.2) is 44.7 Å². The summed E-state index contributed by atoms with van der Waals surface area (Å²) in [6.45, 7) is 4.80. The zero-order valence-electron chi connectivity index (χ0n) is 8.55. The van der Waals surface area contributed by atoms with E-state index >= 15 is 0 Å². The minimum Gasteiger partial charge on any atom is -1.00 e. The maximum Gasteiger partial charge on any atom is 0.330 e. The molecule has 3 nitrogen and oxygen atoms in total. The number of quaternary nitrogens is 1. The predicted molar refractivity (Wildman–Crippen MR) is 48.7 cm³/mol. The number of esters is 1. The molecular weight excluding hydrogens is 173 g/mol. The van der Waals surface area contributed by atoms with Gasteiger partial charge in [-0.2, -0.15) is 0 Å². The van der Waals surface area contributed by atoms with Crippen LogP contribution in [0.3, 0.4) is 0 Å². The van der Waals surface area contributed by atoms with Crippen molar-refractivity contribution in [2.45, 2.75) is 6.42 Å². The standard InChI is InChI=1S/C9H18NO2.FH/c1-5-9(11)12-8-6-7-10(2,3)4;/h5H,1,6-8H2,2-4H3;1H/q+1;/p-1. The van der Waals surface area contributed by atoms with Gasteiger partial charge in [-0.1, -0.05) is 6.58 Å². The van der Waals surface area contributed by atoms with Crippen LogP contribution in [0.2, 0.25) is 0 Å². The summed E-state index contributed by atoms with van der Waals surface area (Å²) < 4.78 is 5.71. The molecule has 0 aromatic carbocycles. The van der Waals surface area contributed by atoms with Gasteiger partial charge in [0.05, 0.1) is 34.3 Å². The van der Waals surface area contributed by atoms with Crippen LogP contribution in [0.1, 0.15) is 6.42 Å². The first-order chi connectivity index (χ1) is 5.45. The van der Waals surface area contributed by atoms with Crippen molar-refractivity contribution in [3.05, 3.63) is 12.7 Å². The van der Waals surface area contributed by atoms with Gasteiger partial charge in [-0.15, -0.1) is 0 Å². The summed E-state index contributed by atoms with van der Waals surface area (Å²) in [7, 11) is 6.32. The van der Waals surface area contributed by atoms with Crippen LogP contribution in [0.4, 0.5) is 0 Å². The van der Waals surface area contributed by atoms with E-state index in [1.807, 2.05) is 0 Å². The Balaban J connectivity index is 0. The maximum atomic E-state index is 10.6. The number of hydrogen-bond donors (Lipinski definition) is 0. The van der Waals surface area contributed by atoms with E-state index in [2.05, 4.69) is 27.7 Å². The fourth-order valence-corrected chi connectivity index (χ4v) is 0.771. The molecule has 0 aromatic rings. The molecule has 0 amide bonds. The molecule has 0 aliphatic carbocycles. The molecule has 0 fully saturated rings. The Labute approximate surface area is 78.9 Å². The van der Waals surface area contributed by atoms with Crippen molar-refractivity contribution < 1.29 is 18.7 Å². The quantitative estimate of drug-likeness (QED) is 0.214. The molecule has 0 aliphatic rings. The van der Waals surface area contributed by atoms with Gasteiger partial charge >= 0.3 is 5.97 Å². The Hall–Kier alpha value is -0.900. The zero-order valence-corrected chi connectivity index (χ0v) is 8.55. The molecular formula is C9H18FNO2. The maximum absolute atomic E-state index is 10.6. The third kappa shape index (κ3) is 11.1. The van der Waals surface area contributed by atoms with Gasteiger partial charge < -0.3 is 13.9 Å². The molecule has 13 heavy (non-hydrogen) atoms. The van der Waals surface area contributed by atoms with Gasteiger partial charge in [0.25, 0.3) is 0 Å². The summed E-state index contributed by atoms with van der Waals surface area (Å²) in [5.41, 5.74) is 0. The summed E-state index contributed by atoms with van der Waals surface area (Å²) >= 11 is 0. The van der Waals surface area contributed by atoms with Crippen molar-refractivity contribution in [3.63, 3.8) is 0 Å². The van der Waals surface area contributed by atoms with E-state index in [0.29, 0.717) is 6.61 Å². The summed E-state index contributed by atoms with van der Waals surface area (Å²) in [5.74, 6) is -0.337. The number of rotatable bonds is 5. The lowest BCUT2D eigenvalue weighted by Crippen LogP contribution is -3.00. The van der Waals surface area contributed by atoms with Crippen LogP contribution in [-0.2, 0) is 9.53 Å². The first kappa shape index (κ1) is 14.6. The van der Waals surface area contributed by atoms with Gasteiger partial charge in [0.15, 0.2) is 0 Å². The number of hydrogen-bond acceptors (Lipinski definition) is 2. The Morgan fingerprint density at radius 2 is 2.00 bits per heavy atom. The predicted octanol–water partition coefficient (Wildman–Crippen LogP) is -2.18. The van der Waals surface area contributed by atoms with E-state index in [-0.39, 0.29) is 10.7 Å². The largest absolute Gasteiger partial charge is 1.00 e. The highest BCUT2D eigenvalue weighted by Crippen LogP contribution is 1.94. The van der Waals surface area contributed by atoms with Gasteiger partial charge in [-0.25, -0.2) is 4.79 Å². The van der Waals surface area contributed by atoms with Crippen molar-refractivity contribution in [2.75, 3.05) is 34.3 Å². The fourth-order valence-electron chi connectivity index (χ4n) is 0.771. The number of ether oxygens (including phenoxy) is 1. The average molecular weight is 191 g/mol. The van der Waals surface area contributed by atoms with Crippen molar-refractivity contribution >= 4 is 5.97 Å². The van der Waals surface area contributed by atoms with Gasteiger partial charge in [-0.3, -0.25) is 0 Å². The van der Waals surface area contributed by atoms with Crippen molar-refractivity contribution in [3.8, 4) is 0 Å². The number of nitrogens with zero attached hydrogens (tertiary/aromatic N) is 1. The molecule has 0 atom stereocenters. The topological polar surface area (TPSA) is 26.3 Å².